The van der Waals surface area contributed by atoms with E-state index in [0.717, 1.165) is 5.56 Å². The molecule has 108 valence electrons. The molecule has 0 aliphatic carbocycles. The first-order chi connectivity index (χ1) is 9.58. The Hall–Kier alpha value is -1.95. The van der Waals surface area contributed by atoms with Crippen LogP contribution in [0.25, 0.3) is 0 Å². The maximum atomic E-state index is 12.3. The summed E-state index contributed by atoms with van der Waals surface area (Å²) in [7, 11) is 0. The van der Waals surface area contributed by atoms with Crippen molar-refractivity contribution in [3.8, 4) is 0 Å². The maximum absolute atomic E-state index is 12.3. The van der Waals surface area contributed by atoms with Crippen molar-refractivity contribution < 1.29 is 19.4 Å². The predicted octanol–water partition coefficient (Wildman–Crippen LogP) is 1.10. The lowest BCUT2D eigenvalue weighted by molar-refractivity contribution is -0.145. The molecule has 1 amide bonds. The second kappa shape index (κ2) is 6.47. The van der Waals surface area contributed by atoms with Crippen LogP contribution in [0, 0.1) is 6.92 Å². The summed E-state index contributed by atoms with van der Waals surface area (Å²) in [5.41, 5.74) is 1.35. The third-order valence-electron chi connectivity index (χ3n) is 3.38. The molecule has 0 saturated carbocycles. The molecule has 1 aliphatic rings. The smallest absolute Gasteiger partial charge is 0.329 e. The highest BCUT2D eigenvalue weighted by Crippen LogP contribution is 2.16. The number of rotatable bonds is 4. The summed E-state index contributed by atoms with van der Waals surface area (Å²) in [6.07, 6.45) is 2.85. The fraction of sp³-hybridized carbons (Fsp3) is 0.500. The number of aliphatic carboxylic acids is 1. The molecule has 1 fully saturated rings. The van der Waals surface area contributed by atoms with Gasteiger partial charge in [-0.15, -0.1) is 0 Å². The van der Waals surface area contributed by atoms with Gasteiger partial charge in [-0.2, -0.15) is 0 Å². The van der Waals surface area contributed by atoms with Gasteiger partial charge in [0.15, 0.2) is 0 Å². The molecule has 6 nitrogen and oxygen atoms in total. The van der Waals surface area contributed by atoms with E-state index < -0.39 is 5.97 Å². The van der Waals surface area contributed by atoms with Gasteiger partial charge < -0.3 is 14.7 Å². The Morgan fingerprint density at radius 3 is 2.75 bits per heavy atom. The third kappa shape index (κ3) is 3.54. The van der Waals surface area contributed by atoms with Crippen molar-refractivity contribution in [2.24, 2.45) is 0 Å². The van der Waals surface area contributed by atoms with Crippen molar-refractivity contribution >= 4 is 11.9 Å². The van der Waals surface area contributed by atoms with Crippen molar-refractivity contribution in [3.05, 3.63) is 29.6 Å². The van der Waals surface area contributed by atoms with E-state index >= 15 is 0 Å². The van der Waals surface area contributed by atoms with Crippen molar-refractivity contribution in [2.45, 2.75) is 25.9 Å². The van der Waals surface area contributed by atoms with Crippen LogP contribution in [0.1, 0.15) is 28.9 Å². The number of carbonyl (C=O) groups is 2. The van der Waals surface area contributed by atoms with Crippen LogP contribution in [0.5, 0.6) is 0 Å². The Kier molecular flexibility index (Phi) is 4.68. The van der Waals surface area contributed by atoms with Crippen LogP contribution in [0.4, 0.5) is 0 Å². The number of piperidine rings is 1. The van der Waals surface area contributed by atoms with Crippen molar-refractivity contribution in [3.63, 3.8) is 0 Å². The molecule has 2 heterocycles. The monoisotopic (exact) mass is 278 g/mol. The second-order valence-electron chi connectivity index (χ2n) is 4.87. The van der Waals surface area contributed by atoms with E-state index in [1.54, 1.807) is 17.2 Å². The molecule has 1 aromatic rings. The van der Waals surface area contributed by atoms with Crippen LogP contribution < -0.4 is 0 Å². The first-order valence-corrected chi connectivity index (χ1v) is 6.62. The van der Waals surface area contributed by atoms with Gasteiger partial charge in [0.05, 0.1) is 6.10 Å². The molecule has 6 heteroatoms. The summed E-state index contributed by atoms with van der Waals surface area (Å²) >= 11 is 0. The zero-order valence-electron chi connectivity index (χ0n) is 11.4. The van der Waals surface area contributed by atoms with E-state index in [0.29, 0.717) is 31.6 Å². The highest BCUT2D eigenvalue weighted by Gasteiger charge is 2.25. The van der Waals surface area contributed by atoms with Crippen LogP contribution in [0.2, 0.25) is 0 Å². The average Bonchev–Trinajstić information content (AvgIpc) is 2.45. The number of carboxylic acids is 1. The first kappa shape index (κ1) is 14.5. The summed E-state index contributed by atoms with van der Waals surface area (Å²) in [5.74, 6) is -1.03. The standard InChI is InChI=1S/C14H18N2O4/c1-10-3-2-6-15-13(10)14(19)16-7-4-11(5-8-16)20-9-12(17)18/h2-3,6,11H,4-5,7-9H2,1H3,(H,17,18). The van der Waals surface area contributed by atoms with Gasteiger partial charge in [0, 0.05) is 19.3 Å². The molecule has 2 rings (SSSR count). The Morgan fingerprint density at radius 2 is 2.15 bits per heavy atom. The quantitative estimate of drug-likeness (QED) is 0.892. The van der Waals surface area contributed by atoms with E-state index in [1.807, 2.05) is 13.0 Å². The summed E-state index contributed by atoms with van der Waals surface area (Å²) in [6.45, 7) is 2.72. The number of nitrogens with zero attached hydrogens (tertiary/aromatic N) is 2. The first-order valence-electron chi connectivity index (χ1n) is 6.62. The molecular formula is C14H18N2O4. The minimum Gasteiger partial charge on any atom is -0.480 e. The van der Waals surface area contributed by atoms with Crippen molar-refractivity contribution in [1.82, 2.24) is 9.88 Å². The molecule has 0 aromatic carbocycles. The lowest BCUT2D eigenvalue weighted by Gasteiger charge is -2.31. The molecule has 0 radical (unpaired) electrons. The number of aromatic nitrogens is 1. The van der Waals surface area contributed by atoms with Crippen LogP contribution >= 0.6 is 0 Å². The molecule has 0 unspecified atom stereocenters. The second-order valence-corrected chi connectivity index (χ2v) is 4.87. The summed E-state index contributed by atoms with van der Waals surface area (Å²) < 4.78 is 5.25. The Morgan fingerprint density at radius 1 is 1.45 bits per heavy atom. The molecule has 1 N–H and O–H groups in total. The molecule has 0 spiro atoms. The highest BCUT2D eigenvalue weighted by molar-refractivity contribution is 5.93. The summed E-state index contributed by atoms with van der Waals surface area (Å²) in [4.78, 5) is 28.6. The minimum absolute atomic E-state index is 0.0696. The van der Waals surface area contributed by atoms with Crippen molar-refractivity contribution in [1.29, 1.82) is 0 Å². The van der Waals surface area contributed by atoms with Gasteiger partial charge in [-0.05, 0) is 31.4 Å². The van der Waals surface area contributed by atoms with Crippen LogP contribution in [0.3, 0.4) is 0 Å². The van der Waals surface area contributed by atoms with Crippen LogP contribution in [-0.2, 0) is 9.53 Å². The number of likely N-dealkylation sites (tertiary alicyclic amines) is 1. The van der Waals surface area contributed by atoms with Crippen molar-refractivity contribution in [2.75, 3.05) is 19.7 Å². The summed E-state index contributed by atoms with van der Waals surface area (Å²) in [5, 5.41) is 8.57. The number of ether oxygens (including phenoxy) is 1. The number of hydrogen-bond acceptors (Lipinski definition) is 4. The van der Waals surface area contributed by atoms with Gasteiger partial charge in [0.25, 0.3) is 5.91 Å². The van der Waals surface area contributed by atoms with E-state index in [9.17, 15) is 9.59 Å². The normalized spacial score (nSPS) is 16.1. The Labute approximate surface area is 117 Å². The van der Waals surface area contributed by atoms with E-state index in [-0.39, 0.29) is 18.6 Å². The Bertz CT molecular complexity index is 496. The summed E-state index contributed by atoms with van der Waals surface area (Å²) in [6, 6.07) is 3.67. The minimum atomic E-state index is -0.965. The lowest BCUT2D eigenvalue weighted by atomic mass is 10.1. The third-order valence-corrected chi connectivity index (χ3v) is 3.38. The SMILES string of the molecule is Cc1cccnc1C(=O)N1CCC(OCC(=O)O)CC1. The van der Waals surface area contributed by atoms with E-state index in [1.165, 1.54) is 0 Å². The Balaban J connectivity index is 1.89. The zero-order valence-corrected chi connectivity index (χ0v) is 11.4. The van der Waals surface area contributed by atoms with E-state index in [2.05, 4.69) is 4.98 Å². The largest absolute Gasteiger partial charge is 0.480 e. The number of carboxylic acid groups (broad SMARTS) is 1. The maximum Gasteiger partial charge on any atom is 0.329 e. The van der Waals surface area contributed by atoms with Gasteiger partial charge in [0.2, 0.25) is 0 Å². The fourth-order valence-corrected chi connectivity index (χ4v) is 2.27. The van der Waals surface area contributed by atoms with Gasteiger partial charge in [-0.3, -0.25) is 9.78 Å². The van der Waals surface area contributed by atoms with Gasteiger partial charge >= 0.3 is 5.97 Å². The molecular weight excluding hydrogens is 260 g/mol. The molecule has 0 atom stereocenters. The highest BCUT2D eigenvalue weighted by atomic mass is 16.5. The van der Waals surface area contributed by atoms with E-state index in [4.69, 9.17) is 9.84 Å². The molecule has 1 aromatic heterocycles. The van der Waals surface area contributed by atoms with Crippen LogP contribution in [-0.4, -0.2) is 52.7 Å². The van der Waals surface area contributed by atoms with Crippen LogP contribution in [0.15, 0.2) is 18.3 Å². The number of hydrogen-bond donors (Lipinski definition) is 1. The van der Waals surface area contributed by atoms with Gasteiger partial charge in [-0.25, -0.2) is 4.79 Å². The average molecular weight is 278 g/mol. The molecule has 0 bridgehead atoms. The fourth-order valence-electron chi connectivity index (χ4n) is 2.27. The predicted molar refractivity (Wildman–Crippen MR) is 71.5 cm³/mol. The molecule has 20 heavy (non-hydrogen) atoms. The number of amides is 1. The van der Waals surface area contributed by atoms with Gasteiger partial charge in [-0.1, -0.05) is 6.07 Å². The topological polar surface area (TPSA) is 79.7 Å². The van der Waals surface area contributed by atoms with Gasteiger partial charge in [0.1, 0.15) is 12.3 Å². The number of pyridine rings is 1. The molecule has 1 saturated heterocycles. The molecule has 1 aliphatic heterocycles. The number of carbonyl (C=O) groups excluding carboxylic acids is 1. The number of aryl methyl sites for hydroxylation is 1. The lowest BCUT2D eigenvalue weighted by Crippen LogP contribution is -2.41. The zero-order chi connectivity index (χ0) is 14.5.